The predicted molar refractivity (Wildman–Crippen MR) is 108 cm³/mol. The van der Waals surface area contributed by atoms with E-state index >= 15 is 0 Å². The highest BCUT2D eigenvalue weighted by molar-refractivity contribution is 5.88. The van der Waals surface area contributed by atoms with Crippen molar-refractivity contribution in [3.05, 3.63) is 53.8 Å². The Balaban J connectivity index is 1.56. The van der Waals surface area contributed by atoms with Gasteiger partial charge in [0.05, 0.1) is 16.7 Å². The van der Waals surface area contributed by atoms with Gasteiger partial charge in [-0.1, -0.05) is 30.3 Å². The lowest BCUT2D eigenvalue weighted by molar-refractivity contribution is 0.202. The van der Waals surface area contributed by atoms with Gasteiger partial charge in [0.2, 0.25) is 5.95 Å². The average molecular weight is 382 g/mol. The molecular formula is C21H23FN4O2. The van der Waals surface area contributed by atoms with Crippen LogP contribution in [-0.2, 0) is 0 Å². The van der Waals surface area contributed by atoms with Gasteiger partial charge in [-0.15, -0.1) is 0 Å². The second kappa shape index (κ2) is 7.50. The summed E-state index contributed by atoms with van der Waals surface area (Å²) in [7, 11) is 0. The first-order valence-corrected chi connectivity index (χ1v) is 9.56. The summed E-state index contributed by atoms with van der Waals surface area (Å²) < 4.78 is 14.8. The number of piperidine rings is 1. The number of carbonyl (C=O) groups is 1. The zero-order valence-corrected chi connectivity index (χ0v) is 15.7. The highest BCUT2D eigenvalue weighted by atomic mass is 19.1. The molecule has 2 heterocycles. The lowest BCUT2D eigenvalue weighted by Gasteiger charge is -2.34. The molecule has 0 atom stereocenters. The van der Waals surface area contributed by atoms with Crippen molar-refractivity contribution in [3.63, 3.8) is 0 Å². The normalized spacial score (nSPS) is 15.1. The number of nitrogens with one attached hydrogen (secondary N) is 1. The van der Waals surface area contributed by atoms with E-state index in [1.165, 1.54) is 11.6 Å². The Morgan fingerprint density at radius 3 is 2.64 bits per heavy atom. The van der Waals surface area contributed by atoms with Crippen molar-refractivity contribution >= 4 is 28.8 Å². The molecule has 3 aromatic rings. The van der Waals surface area contributed by atoms with E-state index in [-0.39, 0.29) is 18.3 Å². The van der Waals surface area contributed by atoms with Crippen molar-refractivity contribution in [1.82, 2.24) is 9.97 Å². The third-order valence-electron chi connectivity index (χ3n) is 5.45. The number of hydrogen-bond donors (Lipinski definition) is 2. The molecule has 0 spiro atoms. The Hall–Kier alpha value is -3.09. The summed E-state index contributed by atoms with van der Waals surface area (Å²) in [5, 5.41) is 9.27. The first-order valence-electron chi connectivity index (χ1n) is 9.56. The number of H-pyrrole nitrogens is 1. The molecule has 2 N–H and O–H groups in total. The Labute approximate surface area is 162 Å². The molecule has 1 aromatic heterocycles. The SMILES string of the molecule is CCN(C(=O)O)c1nc2cc(N3CCC(c4ccccc4)CC3)c(F)cc2[nH]1. The number of benzene rings is 2. The molecule has 0 aliphatic carbocycles. The van der Waals surface area contributed by atoms with Crippen LogP contribution in [0.15, 0.2) is 42.5 Å². The summed E-state index contributed by atoms with van der Waals surface area (Å²) in [6, 6.07) is 13.6. The van der Waals surface area contributed by atoms with E-state index in [2.05, 4.69) is 39.1 Å². The number of imidazole rings is 1. The van der Waals surface area contributed by atoms with Crippen LogP contribution in [0.3, 0.4) is 0 Å². The summed E-state index contributed by atoms with van der Waals surface area (Å²) in [5.41, 5.74) is 2.92. The Kier molecular flexibility index (Phi) is 4.90. The summed E-state index contributed by atoms with van der Waals surface area (Å²) in [6.45, 7) is 3.53. The fourth-order valence-corrected chi connectivity index (χ4v) is 3.93. The van der Waals surface area contributed by atoms with Crippen LogP contribution >= 0.6 is 0 Å². The van der Waals surface area contributed by atoms with E-state index in [0.29, 0.717) is 22.6 Å². The van der Waals surface area contributed by atoms with Gasteiger partial charge in [0, 0.05) is 25.7 Å². The third-order valence-corrected chi connectivity index (χ3v) is 5.45. The zero-order chi connectivity index (χ0) is 19.7. The predicted octanol–water partition coefficient (Wildman–Crippen LogP) is 4.59. The van der Waals surface area contributed by atoms with E-state index in [9.17, 15) is 14.3 Å². The molecule has 2 aromatic carbocycles. The van der Waals surface area contributed by atoms with Crippen LogP contribution in [-0.4, -0.2) is 40.8 Å². The van der Waals surface area contributed by atoms with Gasteiger partial charge in [0.25, 0.3) is 0 Å². The standard InChI is InChI=1S/C21H23FN4O2/c1-2-26(21(27)28)20-23-17-12-16(22)19(13-18(17)24-20)25-10-8-15(9-11-25)14-6-4-3-5-7-14/h3-7,12-13,15H,2,8-11H2,1H3,(H,23,24)(H,27,28). The second-order valence-electron chi connectivity index (χ2n) is 7.08. The Bertz CT molecular complexity index is 981. The summed E-state index contributed by atoms with van der Waals surface area (Å²) in [6.07, 6.45) is 0.844. The maximum absolute atomic E-state index is 14.8. The summed E-state index contributed by atoms with van der Waals surface area (Å²) in [5.74, 6) is 0.387. The van der Waals surface area contributed by atoms with Crippen LogP contribution in [0.4, 0.5) is 20.8 Å². The number of hydrogen-bond acceptors (Lipinski definition) is 3. The molecule has 0 saturated carbocycles. The molecule has 1 aliphatic heterocycles. The number of halogens is 1. The molecule has 1 aliphatic rings. The highest BCUT2D eigenvalue weighted by Crippen LogP contribution is 2.33. The van der Waals surface area contributed by atoms with Crippen LogP contribution < -0.4 is 9.80 Å². The van der Waals surface area contributed by atoms with Crippen molar-refractivity contribution in [2.75, 3.05) is 29.4 Å². The van der Waals surface area contributed by atoms with Crippen molar-refractivity contribution in [2.45, 2.75) is 25.7 Å². The lowest BCUT2D eigenvalue weighted by atomic mass is 9.89. The van der Waals surface area contributed by atoms with Gasteiger partial charge in [0.1, 0.15) is 5.82 Å². The third kappa shape index (κ3) is 3.40. The molecule has 1 saturated heterocycles. The Morgan fingerprint density at radius 1 is 1.29 bits per heavy atom. The fraction of sp³-hybridized carbons (Fsp3) is 0.333. The van der Waals surface area contributed by atoms with E-state index < -0.39 is 6.09 Å². The smallest absolute Gasteiger partial charge is 0.414 e. The van der Waals surface area contributed by atoms with E-state index in [1.807, 2.05) is 6.07 Å². The number of aromatic nitrogens is 2. The molecule has 7 heteroatoms. The number of amides is 1. The van der Waals surface area contributed by atoms with Crippen LogP contribution in [0.5, 0.6) is 0 Å². The van der Waals surface area contributed by atoms with Gasteiger partial charge in [-0.25, -0.2) is 19.1 Å². The minimum Gasteiger partial charge on any atom is -0.465 e. The summed E-state index contributed by atoms with van der Waals surface area (Å²) in [4.78, 5) is 21.7. The quantitative estimate of drug-likeness (QED) is 0.692. The molecule has 4 rings (SSSR count). The monoisotopic (exact) mass is 382 g/mol. The topological polar surface area (TPSA) is 72.5 Å². The number of aromatic amines is 1. The second-order valence-corrected chi connectivity index (χ2v) is 7.08. The number of carboxylic acid groups (broad SMARTS) is 1. The van der Waals surface area contributed by atoms with Gasteiger partial charge in [-0.3, -0.25) is 0 Å². The first kappa shape index (κ1) is 18.3. The van der Waals surface area contributed by atoms with Gasteiger partial charge >= 0.3 is 6.09 Å². The fourth-order valence-electron chi connectivity index (χ4n) is 3.93. The van der Waals surface area contributed by atoms with E-state index in [4.69, 9.17) is 0 Å². The molecular weight excluding hydrogens is 359 g/mol. The van der Waals surface area contributed by atoms with Crippen LogP contribution in [0.25, 0.3) is 11.0 Å². The van der Waals surface area contributed by atoms with E-state index in [0.717, 1.165) is 30.8 Å². The van der Waals surface area contributed by atoms with Gasteiger partial charge in [-0.05, 0) is 37.3 Å². The average Bonchev–Trinajstić information content (AvgIpc) is 3.10. The first-order chi connectivity index (χ1) is 13.6. The molecule has 1 amide bonds. The lowest BCUT2D eigenvalue weighted by Crippen LogP contribution is -2.33. The number of nitrogens with zero attached hydrogens (tertiary/aromatic N) is 3. The minimum absolute atomic E-state index is 0.212. The van der Waals surface area contributed by atoms with Crippen molar-refractivity contribution in [2.24, 2.45) is 0 Å². The molecule has 0 unspecified atom stereocenters. The van der Waals surface area contributed by atoms with Crippen LogP contribution in [0.1, 0.15) is 31.2 Å². The maximum Gasteiger partial charge on any atom is 0.414 e. The molecule has 146 valence electrons. The van der Waals surface area contributed by atoms with Crippen LogP contribution in [0.2, 0.25) is 0 Å². The molecule has 0 bridgehead atoms. The molecule has 28 heavy (non-hydrogen) atoms. The van der Waals surface area contributed by atoms with Crippen molar-refractivity contribution in [3.8, 4) is 0 Å². The van der Waals surface area contributed by atoms with Gasteiger partial charge in [0.15, 0.2) is 0 Å². The van der Waals surface area contributed by atoms with Crippen LogP contribution in [0, 0.1) is 5.82 Å². The van der Waals surface area contributed by atoms with Gasteiger partial charge < -0.3 is 15.0 Å². The summed E-state index contributed by atoms with van der Waals surface area (Å²) >= 11 is 0. The molecule has 1 fully saturated rings. The number of rotatable bonds is 4. The Morgan fingerprint density at radius 2 is 2.00 bits per heavy atom. The highest BCUT2D eigenvalue weighted by Gasteiger charge is 2.24. The minimum atomic E-state index is -1.09. The van der Waals surface area contributed by atoms with Crippen molar-refractivity contribution in [1.29, 1.82) is 0 Å². The van der Waals surface area contributed by atoms with Crippen molar-refractivity contribution < 1.29 is 14.3 Å². The molecule has 6 nitrogen and oxygen atoms in total. The zero-order valence-electron chi connectivity index (χ0n) is 15.7. The number of anilines is 2. The molecule has 0 radical (unpaired) electrons. The maximum atomic E-state index is 14.8. The van der Waals surface area contributed by atoms with E-state index in [1.54, 1.807) is 13.0 Å². The van der Waals surface area contributed by atoms with Gasteiger partial charge in [-0.2, -0.15) is 0 Å². The number of fused-ring (bicyclic) bond motifs is 1. The largest absolute Gasteiger partial charge is 0.465 e.